The molecule has 18 heavy (non-hydrogen) atoms. The first-order valence-corrected chi connectivity index (χ1v) is 6.11. The quantitative estimate of drug-likeness (QED) is 0.713. The average Bonchev–Trinajstić information content (AvgIpc) is 2.85. The predicted octanol–water partition coefficient (Wildman–Crippen LogP) is 3.12. The SMILES string of the molecule is N#CC=C1CCCc2c1cnn2-c1ccccc1. The van der Waals surface area contributed by atoms with E-state index in [-0.39, 0.29) is 0 Å². The van der Waals surface area contributed by atoms with Crippen molar-refractivity contribution in [2.24, 2.45) is 0 Å². The van der Waals surface area contributed by atoms with Crippen LogP contribution >= 0.6 is 0 Å². The molecule has 2 aromatic rings. The Morgan fingerprint density at radius 2 is 2.06 bits per heavy atom. The standard InChI is InChI=1S/C15H13N3/c16-10-9-12-5-4-8-15-14(12)11-17-18(15)13-6-2-1-3-7-13/h1-3,6-7,9,11H,4-5,8H2. The molecule has 88 valence electrons. The zero-order chi connectivity index (χ0) is 12.4. The zero-order valence-corrected chi connectivity index (χ0v) is 10.0. The lowest BCUT2D eigenvalue weighted by Crippen LogP contribution is -2.07. The van der Waals surface area contributed by atoms with Crippen molar-refractivity contribution in [3.8, 4) is 11.8 Å². The molecule has 0 fully saturated rings. The van der Waals surface area contributed by atoms with Crippen LogP contribution in [0.15, 0.2) is 42.6 Å². The third-order valence-electron chi connectivity index (χ3n) is 3.31. The molecule has 0 saturated carbocycles. The molecule has 0 N–H and O–H groups in total. The van der Waals surface area contributed by atoms with Crippen LogP contribution in [0.1, 0.15) is 24.1 Å². The number of benzene rings is 1. The second-order valence-corrected chi connectivity index (χ2v) is 4.40. The van der Waals surface area contributed by atoms with Gasteiger partial charge in [0.25, 0.3) is 0 Å². The van der Waals surface area contributed by atoms with Gasteiger partial charge in [-0.15, -0.1) is 0 Å². The number of nitriles is 1. The highest BCUT2D eigenvalue weighted by molar-refractivity contribution is 5.70. The Morgan fingerprint density at radius 3 is 2.83 bits per heavy atom. The fourth-order valence-electron chi connectivity index (χ4n) is 2.48. The van der Waals surface area contributed by atoms with Gasteiger partial charge in [-0.2, -0.15) is 10.4 Å². The Labute approximate surface area is 106 Å². The smallest absolute Gasteiger partial charge is 0.0915 e. The van der Waals surface area contributed by atoms with Gasteiger partial charge in [-0.05, 0) is 37.0 Å². The minimum absolute atomic E-state index is 0.973. The van der Waals surface area contributed by atoms with Crippen LogP contribution in [-0.4, -0.2) is 9.78 Å². The Balaban J connectivity index is 2.11. The fraction of sp³-hybridized carbons (Fsp3) is 0.200. The molecular formula is C15H13N3. The first kappa shape index (κ1) is 10.8. The van der Waals surface area contributed by atoms with Crippen LogP contribution in [0.2, 0.25) is 0 Å². The Morgan fingerprint density at radius 1 is 1.22 bits per heavy atom. The summed E-state index contributed by atoms with van der Waals surface area (Å²) in [7, 11) is 0. The third-order valence-corrected chi connectivity index (χ3v) is 3.31. The van der Waals surface area contributed by atoms with E-state index in [1.807, 2.05) is 29.1 Å². The summed E-state index contributed by atoms with van der Waals surface area (Å²) in [4.78, 5) is 0. The number of aromatic nitrogens is 2. The lowest BCUT2D eigenvalue weighted by Gasteiger charge is -2.16. The number of fused-ring (bicyclic) bond motifs is 1. The highest BCUT2D eigenvalue weighted by Gasteiger charge is 2.19. The van der Waals surface area contributed by atoms with Gasteiger partial charge in [-0.1, -0.05) is 18.2 Å². The van der Waals surface area contributed by atoms with E-state index >= 15 is 0 Å². The van der Waals surface area contributed by atoms with Gasteiger partial charge in [-0.25, -0.2) is 4.68 Å². The molecular weight excluding hydrogens is 222 g/mol. The van der Waals surface area contributed by atoms with Crippen LogP contribution in [0.5, 0.6) is 0 Å². The molecule has 0 spiro atoms. The molecule has 0 amide bonds. The predicted molar refractivity (Wildman–Crippen MR) is 70.1 cm³/mol. The maximum atomic E-state index is 8.81. The van der Waals surface area contributed by atoms with Crippen molar-refractivity contribution in [1.29, 1.82) is 5.26 Å². The molecule has 1 aromatic carbocycles. The Kier molecular flexibility index (Phi) is 2.70. The largest absolute Gasteiger partial charge is 0.237 e. The van der Waals surface area contributed by atoms with Gasteiger partial charge in [0, 0.05) is 11.6 Å². The van der Waals surface area contributed by atoms with Crippen LogP contribution < -0.4 is 0 Å². The topological polar surface area (TPSA) is 41.6 Å². The van der Waals surface area contributed by atoms with E-state index in [4.69, 9.17) is 5.26 Å². The highest BCUT2D eigenvalue weighted by Crippen LogP contribution is 2.31. The van der Waals surface area contributed by atoms with Gasteiger partial charge in [0.1, 0.15) is 0 Å². The number of hydrogen-bond donors (Lipinski definition) is 0. The minimum atomic E-state index is 0.973. The summed E-state index contributed by atoms with van der Waals surface area (Å²) in [6.45, 7) is 0. The summed E-state index contributed by atoms with van der Waals surface area (Å²) in [5.41, 5.74) is 4.54. The third kappa shape index (κ3) is 1.72. The van der Waals surface area contributed by atoms with Gasteiger partial charge in [0.15, 0.2) is 0 Å². The second-order valence-electron chi connectivity index (χ2n) is 4.40. The summed E-state index contributed by atoms with van der Waals surface area (Å²) in [5, 5.41) is 13.3. The molecule has 3 rings (SSSR count). The van der Waals surface area contributed by atoms with Crippen molar-refractivity contribution < 1.29 is 0 Å². The van der Waals surface area contributed by atoms with Crippen LogP contribution in [-0.2, 0) is 6.42 Å². The molecule has 0 bridgehead atoms. The number of nitrogens with zero attached hydrogens (tertiary/aromatic N) is 3. The molecule has 1 aromatic heterocycles. The lowest BCUT2D eigenvalue weighted by atomic mass is 9.92. The van der Waals surface area contributed by atoms with E-state index in [2.05, 4.69) is 23.3 Å². The summed E-state index contributed by atoms with van der Waals surface area (Å²) in [6.07, 6.45) is 6.60. The summed E-state index contributed by atoms with van der Waals surface area (Å²) < 4.78 is 1.99. The van der Waals surface area contributed by atoms with E-state index in [1.165, 1.54) is 5.69 Å². The second kappa shape index (κ2) is 4.50. The molecule has 1 aliphatic carbocycles. The van der Waals surface area contributed by atoms with Crippen molar-refractivity contribution in [3.63, 3.8) is 0 Å². The molecule has 0 aliphatic heterocycles. The van der Waals surface area contributed by atoms with E-state index in [1.54, 1.807) is 6.08 Å². The summed E-state index contributed by atoms with van der Waals surface area (Å²) in [6, 6.07) is 12.3. The molecule has 0 atom stereocenters. The molecule has 0 radical (unpaired) electrons. The van der Waals surface area contributed by atoms with Crippen LogP contribution in [0.3, 0.4) is 0 Å². The number of rotatable bonds is 1. The zero-order valence-electron chi connectivity index (χ0n) is 10.0. The van der Waals surface area contributed by atoms with E-state index < -0.39 is 0 Å². The van der Waals surface area contributed by atoms with Gasteiger partial charge < -0.3 is 0 Å². The number of para-hydroxylation sites is 1. The van der Waals surface area contributed by atoms with Gasteiger partial charge >= 0.3 is 0 Å². The van der Waals surface area contributed by atoms with Crippen molar-refractivity contribution in [2.45, 2.75) is 19.3 Å². The van der Waals surface area contributed by atoms with Gasteiger partial charge in [-0.3, -0.25) is 0 Å². The first-order valence-electron chi connectivity index (χ1n) is 6.11. The monoisotopic (exact) mass is 235 g/mol. The van der Waals surface area contributed by atoms with E-state index in [9.17, 15) is 0 Å². The summed E-state index contributed by atoms with van der Waals surface area (Å²) >= 11 is 0. The number of allylic oxidation sites excluding steroid dienone is 2. The van der Waals surface area contributed by atoms with E-state index in [0.717, 1.165) is 36.1 Å². The van der Waals surface area contributed by atoms with Gasteiger partial charge in [0.2, 0.25) is 0 Å². The Hall–Kier alpha value is -2.34. The fourth-order valence-corrected chi connectivity index (χ4v) is 2.48. The van der Waals surface area contributed by atoms with Crippen LogP contribution in [0, 0.1) is 11.3 Å². The lowest BCUT2D eigenvalue weighted by molar-refractivity contribution is 0.738. The van der Waals surface area contributed by atoms with Crippen molar-refractivity contribution >= 4 is 5.57 Å². The maximum Gasteiger partial charge on any atom is 0.0915 e. The molecule has 0 unspecified atom stereocenters. The number of hydrogen-bond acceptors (Lipinski definition) is 2. The molecule has 1 heterocycles. The van der Waals surface area contributed by atoms with Crippen LogP contribution in [0.4, 0.5) is 0 Å². The van der Waals surface area contributed by atoms with Crippen LogP contribution in [0.25, 0.3) is 11.3 Å². The summed E-state index contributed by atoms with van der Waals surface area (Å²) in [5.74, 6) is 0. The highest BCUT2D eigenvalue weighted by atomic mass is 15.3. The maximum absolute atomic E-state index is 8.81. The van der Waals surface area contributed by atoms with Crippen molar-refractivity contribution in [1.82, 2.24) is 9.78 Å². The van der Waals surface area contributed by atoms with Crippen molar-refractivity contribution in [2.75, 3.05) is 0 Å². The van der Waals surface area contributed by atoms with Crippen molar-refractivity contribution in [3.05, 3.63) is 53.9 Å². The normalized spacial score (nSPS) is 16.3. The molecule has 0 saturated heterocycles. The minimum Gasteiger partial charge on any atom is -0.237 e. The molecule has 3 nitrogen and oxygen atoms in total. The van der Waals surface area contributed by atoms with E-state index in [0.29, 0.717) is 0 Å². The average molecular weight is 235 g/mol. The molecule has 1 aliphatic rings. The van der Waals surface area contributed by atoms with Gasteiger partial charge in [0.05, 0.1) is 23.6 Å². The first-order chi connectivity index (χ1) is 8.90. The molecule has 3 heteroatoms. The Bertz CT molecular complexity index is 630.